The smallest absolute Gasteiger partial charge is 0.309 e. The Morgan fingerprint density at radius 2 is 2.14 bits per heavy atom. The highest BCUT2D eigenvalue weighted by Gasteiger charge is 2.07. The van der Waals surface area contributed by atoms with Crippen LogP contribution in [-0.2, 0) is 22.6 Å². The Morgan fingerprint density at radius 3 is 2.71 bits per heavy atom. The summed E-state index contributed by atoms with van der Waals surface area (Å²) >= 11 is 0. The van der Waals surface area contributed by atoms with Crippen molar-refractivity contribution in [3.8, 4) is 0 Å². The summed E-state index contributed by atoms with van der Waals surface area (Å²) in [6.07, 6.45) is 0.216. The average molecular weight is 194 g/mol. The van der Waals surface area contributed by atoms with Crippen LogP contribution >= 0.6 is 0 Å². The van der Waals surface area contributed by atoms with Gasteiger partial charge in [-0.05, 0) is 18.1 Å². The van der Waals surface area contributed by atoms with E-state index in [1.807, 2.05) is 25.1 Å². The van der Waals surface area contributed by atoms with Crippen LogP contribution in [0.1, 0.15) is 16.7 Å². The van der Waals surface area contributed by atoms with Crippen LogP contribution in [0.3, 0.4) is 0 Å². The highest BCUT2D eigenvalue weighted by molar-refractivity contribution is 5.73. The van der Waals surface area contributed by atoms with Gasteiger partial charge in [0.2, 0.25) is 0 Å². The van der Waals surface area contributed by atoms with Crippen LogP contribution in [-0.4, -0.2) is 18.2 Å². The van der Waals surface area contributed by atoms with E-state index in [9.17, 15) is 4.79 Å². The molecule has 0 atom stereocenters. The molecule has 1 aromatic rings. The zero-order valence-corrected chi connectivity index (χ0v) is 8.41. The van der Waals surface area contributed by atoms with E-state index in [0.29, 0.717) is 0 Å². The number of hydrogen-bond donors (Lipinski definition) is 1. The summed E-state index contributed by atoms with van der Waals surface area (Å²) in [5.41, 5.74) is 2.68. The topological polar surface area (TPSA) is 46.5 Å². The number of carbonyl (C=O) groups is 1. The molecule has 0 unspecified atom stereocenters. The second-order valence-electron chi connectivity index (χ2n) is 3.18. The summed E-state index contributed by atoms with van der Waals surface area (Å²) in [7, 11) is 1.36. The lowest BCUT2D eigenvalue weighted by Gasteiger charge is -2.07. The SMILES string of the molecule is COC(=O)Cc1cc(C)ccc1CO. The first kappa shape index (κ1) is 10.7. The molecule has 0 aromatic heterocycles. The van der Waals surface area contributed by atoms with Gasteiger partial charge in [0.1, 0.15) is 0 Å². The summed E-state index contributed by atoms with van der Waals surface area (Å²) in [5.74, 6) is -0.287. The Labute approximate surface area is 83.3 Å². The number of rotatable bonds is 3. The number of hydrogen-bond acceptors (Lipinski definition) is 3. The lowest BCUT2D eigenvalue weighted by atomic mass is 10.0. The number of aryl methyl sites for hydroxylation is 1. The molecule has 0 fully saturated rings. The predicted octanol–water partition coefficient (Wildman–Crippen LogP) is 1.20. The maximum Gasteiger partial charge on any atom is 0.309 e. The molecule has 0 spiro atoms. The Hall–Kier alpha value is -1.35. The molecule has 14 heavy (non-hydrogen) atoms. The Bertz CT molecular complexity index is 331. The fourth-order valence-electron chi connectivity index (χ4n) is 1.30. The maximum absolute atomic E-state index is 11.1. The molecule has 0 radical (unpaired) electrons. The minimum Gasteiger partial charge on any atom is -0.469 e. The van der Waals surface area contributed by atoms with Gasteiger partial charge in [0, 0.05) is 0 Å². The molecular weight excluding hydrogens is 180 g/mol. The second-order valence-corrected chi connectivity index (χ2v) is 3.18. The summed E-state index contributed by atoms with van der Waals surface area (Å²) in [6.45, 7) is 1.90. The van der Waals surface area contributed by atoms with Gasteiger partial charge in [0.25, 0.3) is 0 Å². The molecule has 1 rings (SSSR count). The molecule has 0 amide bonds. The number of methoxy groups -OCH3 is 1. The van der Waals surface area contributed by atoms with Gasteiger partial charge in [-0.2, -0.15) is 0 Å². The summed E-state index contributed by atoms with van der Waals surface area (Å²) in [6, 6.07) is 5.63. The van der Waals surface area contributed by atoms with Gasteiger partial charge in [-0.1, -0.05) is 23.8 Å². The lowest BCUT2D eigenvalue weighted by Crippen LogP contribution is -2.07. The minimum atomic E-state index is -0.287. The monoisotopic (exact) mass is 194 g/mol. The van der Waals surface area contributed by atoms with Gasteiger partial charge in [0.05, 0.1) is 20.1 Å². The lowest BCUT2D eigenvalue weighted by molar-refractivity contribution is -0.139. The van der Waals surface area contributed by atoms with Gasteiger partial charge < -0.3 is 9.84 Å². The highest BCUT2D eigenvalue weighted by atomic mass is 16.5. The van der Waals surface area contributed by atoms with E-state index in [1.54, 1.807) is 0 Å². The van der Waals surface area contributed by atoms with E-state index in [0.717, 1.165) is 16.7 Å². The van der Waals surface area contributed by atoms with Crippen molar-refractivity contribution in [1.29, 1.82) is 0 Å². The van der Waals surface area contributed by atoms with E-state index in [2.05, 4.69) is 4.74 Å². The minimum absolute atomic E-state index is 0.0490. The number of esters is 1. The van der Waals surface area contributed by atoms with Crippen molar-refractivity contribution in [3.05, 3.63) is 34.9 Å². The zero-order chi connectivity index (χ0) is 10.6. The van der Waals surface area contributed by atoms with Crippen LogP contribution < -0.4 is 0 Å². The van der Waals surface area contributed by atoms with Crippen LogP contribution in [0, 0.1) is 6.92 Å². The largest absolute Gasteiger partial charge is 0.469 e. The molecule has 1 aromatic carbocycles. The summed E-state index contributed by atoms with van der Waals surface area (Å²) < 4.78 is 4.57. The standard InChI is InChI=1S/C11H14O3/c1-8-3-4-9(7-12)10(5-8)6-11(13)14-2/h3-5,12H,6-7H2,1-2H3. The summed E-state index contributed by atoms with van der Waals surface area (Å²) in [5, 5.41) is 9.04. The van der Waals surface area contributed by atoms with Crippen molar-refractivity contribution in [2.45, 2.75) is 20.0 Å². The van der Waals surface area contributed by atoms with Crippen LogP contribution in [0.4, 0.5) is 0 Å². The summed E-state index contributed by atoms with van der Waals surface area (Å²) in [4.78, 5) is 11.1. The third-order valence-electron chi connectivity index (χ3n) is 2.09. The van der Waals surface area contributed by atoms with Crippen LogP contribution in [0.15, 0.2) is 18.2 Å². The van der Waals surface area contributed by atoms with Gasteiger partial charge in [-0.3, -0.25) is 4.79 Å². The van der Waals surface area contributed by atoms with Crippen LogP contribution in [0.25, 0.3) is 0 Å². The Morgan fingerprint density at radius 1 is 1.43 bits per heavy atom. The van der Waals surface area contributed by atoms with Gasteiger partial charge >= 0.3 is 5.97 Å². The molecule has 0 bridgehead atoms. The Kier molecular flexibility index (Phi) is 3.65. The first-order chi connectivity index (χ1) is 6.67. The number of ether oxygens (including phenoxy) is 1. The van der Waals surface area contributed by atoms with Gasteiger partial charge in [-0.15, -0.1) is 0 Å². The fraction of sp³-hybridized carbons (Fsp3) is 0.364. The van der Waals surface area contributed by atoms with Crippen molar-refractivity contribution in [3.63, 3.8) is 0 Å². The zero-order valence-electron chi connectivity index (χ0n) is 8.41. The number of aliphatic hydroxyl groups excluding tert-OH is 1. The van der Waals surface area contributed by atoms with Crippen molar-refractivity contribution in [1.82, 2.24) is 0 Å². The van der Waals surface area contributed by atoms with Crippen LogP contribution in [0.5, 0.6) is 0 Å². The fourth-order valence-corrected chi connectivity index (χ4v) is 1.30. The van der Waals surface area contributed by atoms with Crippen molar-refractivity contribution in [2.24, 2.45) is 0 Å². The number of carbonyl (C=O) groups excluding carboxylic acids is 1. The van der Waals surface area contributed by atoms with E-state index in [1.165, 1.54) is 7.11 Å². The van der Waals surface area contributed by atoms with Crippen molar-refractivity contribution >= 4 is 5.97 Å². The normalized spacial score (nSPS) is 9.93. The second kappa shape index (κ2) is 4.77. The molecule has 3 heteroatoms. The predicted molar refractivity (Wildman–Crippen MR) is 52.8 cm³/mol. The first-order valence-electron chi connectivity index (χ1n) is 4.43. The molecular formula is C11H14O3. The molecule has 1 N–H and O–H groups in total. The molecule has 76 valence electrons. The van der Waals surface area contributed by atoms with Gasteiger partial charge in [-0.25, -0.2) is 0 Å². The third kappa shape index (κ3) is 2.57. The molecule has 3 nitrogen and oxygen atoms in total. The van der Waals surface area contributed by atoms with E-state index in [4.69, 9.17) is 5.11 Å². The number of benzene rings is 1. The van der Waals surface area contributed by atoms with Crippen molar-refractivity contribution in [2.75, 3.05) is 7.11 Å². The van der Waals surface area contributed by atoms with Crippen molar-refractivity contribution < 1.29 is 14.6 Å². The van der Waals surface area contributed by atoms with Gasteiger partial charge in [0.15, 0.2) is 0 Å². The quantitative estimate of drug-likeness (QED) is 0.735. The third-order valence-corrected chi connectivity index (χ3v) is 2.09. The molecule has 0 aliphatic rings. The average Bonchev–Trinajstić information content (AvgIpc) is 2.18. The van der Waals surface area contributed by atoms with E-state index in [-0.39, 0.29) is 19.0 Å². The molecule has 0 aliphatic carbocycles. The van der Waals surface area contributed by atoms with E-state index < -0.39 is 0 Å². The first-order valence-corrected chi connectivity index (χ1v) is 4.43. The Balaban J connectivity index is 2.93. The van der Waals surface area contributed by atoms with E-state index >= 15 is 0 Å². The maximum atomic E-state index is 11.1. The highest BCUT2D eigenvalue weighted by Crippen LogP contribution is 2.12. The number of aliphatic hydroxyl groups is 1. The molecule has 0 heterocycles. The molecule has 0 saturated heterocycles. The molecule has 0 aliphatic heterocycles. The van der Waals surface area contributed by atoms with Crippen LogP contribution in [0.2, 0.25) is 0 Å². The molecule has 0 saturated carbocycles.